The molecular weight excluding hydrogens is 323 g/mol. The number of hydrogen-bond donors (Lipinski definition) is 2. The van der Waals surface area contributed by atoms with Gasteiger partial charge in [0.1, 0.15) is 10.7 Å². The molecule has 0 unspecified atom stereocenters. The minimum Gasteiger partial charge on any atom is -0.316 e. The number of nitrogens with one attached hydrogen (secondary N) is 2. The smallest absolute Gasteiger partial charge is 0.264 e. The van der Waals surface area contributed by atoms with Gasteiger partial charge in [0.25, 0.3) is 10.0 Å². The Morgan fingerprint density at radius 1 is 1.40 bits per heavy atom. The largest absolute Gasteiger partial charge is 0.316 e. The molecule has 0 spiro atoms. The molecule has 0 saturated carbocycles. The highest BCUT2D eigenvalue weighted by molar-refractivity contribution is 7.92. The molecule has 8 heteroatoms. The van der Waals surface area contributed by atoms with Gasteiger partial charge in [-0.1, -0.05) is 11.6 Å². The van der Waals surface area contributed by atoms with Crippen molar-refractivity contribution < 1.29 is 12.8 Å². The monoisotopic (exact) mass is 334 g/mol. The Bertz CT molecular complexity index is 702. The normalized spacial score (nSPS) is 11.6. The predicted octanol–water partition coefficient (Wildman–Crippen LogP) is 3.06. The van der Waals surface area contributed by atoms with E-state index >= 15 is 0 Å². The van der Waals surface area contributed by atoms with Gasteiger partial charge in [0.2, 0.25) is 0 Å². The fourth-order valence-electron chi connectivity index (χ4n) is 1.67. The molecule has 2 aromatic rings. The second-order valence-corrected chi connectivity index (χ2v) is 6.89. The summed E-state index contributed by atoms with van der Waals surface area (Å²) in [5.74, 6) is -0.800. The van der Waals surface area contributed by atoms with Crippen molar-refractivity contribution in [1.29, 1.82) is 0 Å². The van der Waals surface area contributed by atoms with Gasteiger partial charge in [0, 0.05) is 22.5 Å². The lowest BCUT2D eigenvalue weighted by Crippen LogP contribution is -2.16. The van der Waals surface area contributed by atoms with E-state index in [2.05, 4.69) is 10.0 Å². The van der Waals surface area contributed by atoms with Crippen molar-refractivity contribution in [1.82, 2.24) is 5.32 Å². The molecule has 0 aliphatic carbocycles. The fraction of sp³-hybridized carbons (Fsp3) is 0.167. The first-order valence-electron chi connectivity index (χ1n) is 5.61. The van der Waals surface area contributed by atoms with Crippen molar-refractivity contribution >= 4 is 38.6 Å². The standard InChI is InChI=1S/C12H12ClFN2O2S2/c1-15-6-8-4-9(13)5-11(12(8)14)20(17,18)16-10-2-3-19-7-10/h2-5,7,15-16H,6H2,1H3. The number of anilines is 1. The van der Waals surface area contributed by atoms with Gasteiger partial charge in [-0.25, -0.2) is 12.8 Å². The van der Waals surface area contributed by atoms with E-state index in [0.29, 0.717) is 5.69 Å². The van der Waals surface area contributed by atoms with E-state index in [0.717, 1.165) is 6.07 Å². The summed E-state index contributed by atoms with van der Waals surface area (Å²) in [6.07, 6.45) is 0. The van der Waals surface area contributed by atoms with Crippen LogP contribution in [0.2, 0.25) is 5.02 Å². The number of hydrogen-bond acceptors (Lipinski definition) is 4. The van der Waals surface area contributed by atoms with Crippen LogP contribution in [0.25, 0.3) is 0 Å². The highest BCUT2D eigenvalue weighted by Gasteiger charge is 2.22. The molecule has 1 aromatic heterocycles. The zero-order valence-corrected chi connectivity index (χ0v) is 12.9. The molecule has 0 fully saturated rings. The van der Waals surface area contributed by atoms with E-state index in [1.807, 2.05) is 0 Å². The number of halogens is 2. The van der Waals surface area contributed by atoms with Crippen LogP contribution in [0.5, 0.6) is 0 Å². The van der Waals surface area contributed by atoms with E-state index < -0.39 is 20.7 Å². The Balaban J connectivity index is 2.45. The number of sulfonamides is 1. The summed E-state index contributed by atoms with van der Waals surface area (Å²) in [6.45, 7) is 0.188. The average molecular weight is 335 g/mol. The summed E-state index contributed by atoms with van der Waals surface area (Å²) in [6, 6.07) is 4.10. The molecule has 1 aromatic carbocycles. The van der Waals surface area contributed by atoms with Gasteiger partial charge >= 0.3 is 0 Å². The van der Waals surface area contributed by atoms with Gasteiger partial charge in [-0.3, -0.25) is 4.72 Å². The number of thiophene rings is 1. The lowest BCUT2D eigenvalue weighted by Gasteiger charge is -2.11. The summed E-state index contributed by atoms with van der Waals surface area (Å²) < 4.78 is 41.0. The SMILES string of the molecule is CNCc1cc(Cl)cc(S(=O)(=O)Nc2ccsc2)c1F. The summed E-state index contributed by atoms with van der Waals surface area (Å²) >= 11 is 7.20. The molecule has 0 aliphatic rings. The van der Waals surface area contributed by atoms with E-state index in [1.54, 1.807) is 23.9 Å². The Morgan fingerprint density at radius 3 is 2.75 bits per heavy atom. The Kier molecular flexibility index (Phi) is 4.64. The van der Waals surface area contributed by atoms with Crippen LogP contribution >= 0.6 is 22.9 Å². The van der Waals surface area contributed by atoms with Crippen molar-refractivity contribution in [2.45, 2.75) is 11.4 Å². The Hall–Kier alpha value is -1.15. The van der Waals surface area contributed by atoms with Crippen molar-refractivity contribution in [3.8, 4) is 0 Å². The average Bonchev–Trinajstić information content (AvgIpc) is 2.85. The molecule has 2 N–H and O–H groups in total. The summed E-state index contributed by atoms with van der Waals surface area (Å²) in [5, 5.41) is 6.27. The van der Waals surface area contributed by atoms with Crippen molar-refractivity contribution in [2.75, 3.05) is 11.8 Å². The number of rotatable bonds is 5. The first-order valence-corrected chi connectivity index (χ1v) is 8.42. The van der Waals surface area contributed by atoms with Crippen LogP contribution in [0, 0.1) is 5.82 Å². The predicted molar refractivity (Wildman–Crippen MR) is 79.3 cm³/mol. The van der Waals surface area contributed by atoms with Crippen LogP contribution in [0.3, 0.4) is 0 Å². The zero-order chi connectivity index (χ0) is 14.8. The van der Waals surface area contributed by atoms with Crippen LogP contribution < -0.4 is 10.0 Å². The van der Waals surface area contributed by atoms with E-state index in [9.17, 15) is 12.8 Å². The molecule has 108 valence electrons. The molecule has 4 nitrogen and oxygen atoms in total. The summed E-state index contributed by atoms with van der Waals surface area (Å²) in [5.41, 5.74) is 0.593. The molecule has 0 atom stereocenters. The fourth-order valence-corrected chi connectivity index (χ4v) is 3.83. The van der Waals surface area contributed by atoms with Gasteiger partial charge in [-0.2, -0.15) is 11.3 Å². The zero-order valence-electron chi connectivity index (χ0n) is 10.5. The second-order valence-electron chi connectivity index (χ2n) is 4.02. The van der Waals surface area contributed by atoms with Crippen LogP contribution in [0.4, 0.5) is 10.1 Å². The first kappa shape index (κ1) is 15.2. The Morgan fingerprint density at radius 2 is 2.15 bits per heavy atom. The van der Waals surface area contributed by atoms with Gasteiger partial charge in [-0.05, 0) is 30.6 Å². The van der Waals surface area contributed by atoms with E-state index in [-0.39, 0.29) is 17.1 Å². The van der Waals surface area contributed by atoms with Gasteiger partial charge in [-0.15, -0.1) is 0 Å². The highest BCUT2D eigenvalue weighted by atomic mass is 35.5. The maximum atomic E-state index is 14.2. The van der Waals surface area contributed by atoms with Crippen LogP contribution in [-0.2, 0) is 16.6 Å². The molecule has 0 bridgehead atoms. The lowest BCUT2D eigenvalue weighted by atomic mass is 10.2. The molecular formula is C12H12ClFN2O2S2. The van der Waals surface area contributed by atoms with Crippen molar-refractivity contribution in [3.63, 3.8) is 0 Å². The third kappa shape index (κ3) is 3.29. The van der Waals surface area contributed by atoms with Gasteiger partial charge in [0.05, 0.1) is 5.69 Å². The topological polar surface area (TPSA) is 58.2 Å². The third-order valence-electron chi connectivity index (χ3n) is 2.51. The number of benzene rings is 1. The molecule has 0 aliphatic heterocycles. The van der Waals surface area contributed by atoms with Crippen LogP contribution in [-0.4, -0.2) is 15.5 Å². The van der Waals surface area contributed by atoms with Gasteiger partial charge < -0.3 is 5.32 Å². The van der Waals surface area contributed by atoms with Crippen LogP contribution in [0.15, 0.2) is 33.9 Å². The molecule has 0 radical (unpaired) electrons. The third-order valence-corrected chi connectivity index (χ3v) is 4.79. The molecule has 20 heavy (non-hydrogen) atoms. The van der Waals surface area contributed by atoms with Crippen molar-refractivity contribution in [2.24, 2.45) is 0 Å². The van der Waals surface area contributed by atoms with E-state index in [1.165, 1.54) is 17.4 Å². The second kappa shape index (κ2) is 6.09. The summed E-state index contributed by atoms with van der Waals surface area (Å²) in [4.78, 5) is -0.457. The minimum atomic E-state index is -4.01. The minimum absolute atomic E-state index is 0.169. The maximum Gasteiger partial charge on any atom is 0.264 e. The van der Waals surface area contributed by atoms with Gasteiger partial charge in [0.15, 0.2) is 0 Å². The quantitative estimate of drug-likeness (QED) is 0.883. The van der Waals surface area contributed by atoms with Crippen molar-refractivity contribution in [3.05, 3.63) is 45.4 Å². The first-order chi connectivity index (χ1) is 9.44. The maximum absolute atomic E-state index is 14.2. The lowest BCUT2D eigenvalue weighted by molar-refractivity contribution is 0.556. The van der Waals surface area contributed by atoms with E-state index in [4.69, 9.17) is 11.6 Å². The summed E-state index contributed by atoms with van der Waals surface area (Å²) in [7, 11) is -2.37. The molecule has 0 saturated heterocycles. The molecule has 2 rings (SSSR count). The molecule has 1 heterocycles. The molecule has 0 amide bonds. The highest BCUT2D eigenvalue weighted by Crippen LogP contribution is 2.26. The Labute approximate surface area is 125 Å². The van der Waals surface area contributed by atoms with Crippen LogP contribution in [0.1, 0.15) is 5.56 Å².